The highest BCUT2D eigenvalue weighted by Gasteiger charge is 2.45. The fraction of sp³-hybridized carbons (Fsp3) is 0.702. The zero-order chi connectivity index (χ0) is 42.2. The largest absolute Gasteiger partial charge is 0.497 e. The normalized spacial score (nSPS) is 22.2. The Morgan fingerprint density at radius 2 is 1.27 bits per heavy atom. The number of hydrogen-bond acceptors (Lipinski definition) is 7. The summed E-state index contributed by atoms with van der Waals surface area (Å²) in [6, 6.07) is 16.1. The van der Waals surface area contributed by atoms with Gasteiger partial charge in [-0.05, 0) is 91.3 Å². The third kappa shape index (κ3) is 13.3. The summed E-state index contributed by atoms with van der Waals surface area (Å²) < 4.78 is 44.9. The van der Waals surface area contributed by atoms with Gasteiger partial charge in [0.15, 0.2) is 22.9 Å². The molecule has 0 radical (unpaired) electrons. The summed E-state index contributed by atoms with van der Waals surface area (Å²) in [5.74, 6) is 2.74. The Bertz CT molecular complexity index is 1490. The van der Waals surface area contributed by atoms with Crippen LogP contribution in [0.3, 0.4) is 0 Å². The minimum atomic E-state index is -2.13. The monoisotopic (exact) mass is 813 g/mol. The Labute approximate surface area is 344 Å². The van der Waals surface area contributed by atoms with Gasteiger partial charge in [-0.25, -0.2) is 0 Å². The molecule has 0 unspecified atom stereocenters. The van der Waals surface area contributed by atoms with Gasteiger partial charge in [-0.15, -0.1) is 0 Å². The molecule has 0 amide bonds. The Morgan fingerprint density at radius 1 is 0.768 bits per heavy atom. The molecule has 0 N–H and O–H groups in total. The maximum Gasteiger partial charge on any atom is 0.192 e. The Hall–Kier alpha value is -1.99. The molecule has 318 valence electrons. The third-order valence-corrected chi connectivity index (χ3v) is 21.8. The quantitative estimate of drug-likeness (QED) is 0.103. The topological polar surface area (TPSA) is 64.6 Å². The molecule has 0 saturated carbocycles. The Morgan fingerprint density at radius 3 is 1.77 bits per heavy atom. The van der Waals surface area contributed by atoms with Crippen molar-refractivity contribution in [1.82, 2.24) is 0 Å². The summed E-state index contributed by atoms with van der Waals surface area (Å²) in [6.45, 7) is 39.1. The molecule has 2 aromatic rings. The van der Waals surface area contributed by atoms with E-state index in [9.17, 15) is 0 Å². The highest BCUT2D eigenvalue weighted by molar-refractivity contribution is 6.74. The Kier molecular flexibility index (Phi) is 17.6. The molecule has 7 nitrogen and oxygen atoms in total. The van der Waals surface area contributed by atoms with Crippen LogP contribution in [0.15, 0.2) is 60.2 Å². The van der Waals surface area contributed by atoms with Gasteiger partial charge in [-0.2, -0.15) is 0 Å². The van der Waals surface area contributed by atoms with Gasteiger partial charge < -0.3 is 32.5 Å². The van der Waals surface area contributed by atoms with Crippen LogP contribution in [0.25, 0.3) is 0 Å². The molecule has 1 heterocycles. The van der Waals surface area contributed by atoms with Crippen LogP contribution in [0.4, 0.5) is 0 Å². The van der Waals surface area contributed by atoms with Crippen LogP contribution in [-0.2, 0) is 29.7 Å². The van der Waals surface area contributed by atoms with E-state index in [0.717, 1.165) is 29.0 Å². The lowest BCUT2D eigenvalue weighted by Crippen LogP contribution is -2.51. The van der Waals surface area contributed by atoms with E-state index < -0.39 is 22.9 Å². The zero-order valence-electron chi connectivity index (χ0n) is 38.6. The van der Waals surface area contributed by atoms with Gasteiger partial charge in [0, 0.05) is 23.3 Å². The molecule has 1 aliphatic rings. The molecule has 56 heavy (non-hydrogen) atoms. The highest BCUT2D eigenvalue weighted by atomic mass is 28.4. The summed E-state index contributed by atoms with van der Waals surface area (Å²) in [5, 5.41) is 0.180. The molecule has 9 atom stereocenters. The second-order valence-electron chi connectivity index (χ2n) is 20.0. The first-order chi connectivity index (χ1) is 25.9. The average Bonchev–Trinajstić information content (AvgIpc) is 3.12. The fourth-order valence-corrected chi connectivity index (χ4v) is 10.3. The molecule has 0 spiro atoms. The zero-order valence-corrected chi connectivity index (χ0v) is 40.6. The van der Waals surface area contributed by atoms with Gasteiger partial charge >= 0.3 is 0 Å². The molecule has 0 aromatic heterocycles. The second kappa shape index (κ2) is 20.3. The number of ether oxygens (including phenoxy) is 5. The molecule has 0 bridgehead atoms. The second-order valence-corrected chi connectivity index (χ2v) is 29.5. The lowest BCUT2D eigenvalue weighted by molar-refractivity contribution is -0.256. The first-order valence-electron chi connectivity index (χ1n) is 21.0. The van der Waals surface area contributed by atoms with Crippen LogP contribution in [0, 0.1) is 29.6 Å². The minimum Gasteiger partial charge on any atom is -0.497 e. The lowest BCUT2D eigenvalue weighted by Gasteiger charge is -2.47. The average molecular weight is 813 g/mol. The van der Waals surface area contributed by atoms with E-state index in [1.165, 1.54) is 5.57 Å². The summed E-state index contributed by atoms with van der Waals surface area (Å²) in [7, 11) is -0.823. The van der Waals surface area contributed by atoms with E-state index in [1.54, 1.807) is 14.2 Å². The molecule has 2 aromatic carbocycles. The number of rotatable bonds is 19. The van der Waals surface area contributed by atoms with Crippen molar-refractivity contribution in [3.8, 4) is 11.5 Å². The van der Waals surface area contributed by atoms with Crippen molar-refractivity contribution in [2.75, 3.05) is 27.4 Å². The van der Waals surface area contributed by atoms with Crippen LogP contribution in [-0.4, -0.2) is 62.4 Å². The fourth-order valence-electron chi connectivity index (χ4n) is 7.35. The van der Waals surface area contributed by atoms with Crippen molar-refractivity contribution in [2.45, 2.75) is 157 Å². The predicted octanol–water partition coefficient (Wildman–Crippen LogP) is 12.6. The van der Waals surface area contributed by atoms with Gasteiger partial charge in [0.25, 0.3) is 0 Å². The Balaban J connectivity index is 1.86. The van der Waals surface area contributed by atoms with Crippen molar-refractivity contribution in [1.29, 1.82) is 0 Å². The van der Waals surface area contributed by atoms with Crippen LogP contribution >= 0.6 is 0 Å². The van der Waals surface area contributed by atoms with Crippen molar-refractivity contribution in [2.24, 2.45) is 29.6 Å². The van der Waals surface area contributed by atoms with E-state index in [4.69, 9.17) is 32.5 Å². The van der Waals surface area contributed by atoms with Gasteiger partial charge in [0.2, 0.25) is 0 Å². The van der Waals surface area contributed by atoms with E-state index in [2.05, 4.69) is 127 Å². The van der Waals surface area contributed by atoms with Crippen LogP contribution < -0.4 is 9.47 Å². The van der Waals surface area contributed by atoms with Crippen LogP contribution in [0.2, 0.25) is 36.3 Å². The predicted molar refractivity (Wildman–Crippen MR) is 238 cm³/mol. The minimum absolute atomic E-state index is 0.0150. The van der Waals surface area contributed by atoms with E-state index in [-0.39, 0.29) is 58.0 Å². The molecule has 1 fully saturated rings. The van der Waals surface area contributed by atoms with Crippen molar-refractivity contribution in [3.63, 3.8) is 0 Å². The number of hydrogen-bond donors (Lipinski definition) is 0. The molecule has 1 saturated heterocycles. The maximum absolute atomic E-state index is 7.42. The van der Waals surface area contributed by atoms with Gasteiger partial charge in [-0.3, -0.25) is 0 Å². The van der Waals surface area contributed by atoms with Crippen molar-refractivity contribution >= 4 is 16.6 Å². The molecular formula is C47H80O7Si2. The van der Waals surface area contributed by atoms with Gasteiger partial charge in [0.1, 0.15) is 11.5 Å². The molecular weight excluding hydrogens is 733 g/mol. The lowest BCUT2D eigenvalue weighted by atomic mass is 9.81. The third-order valence-electron chi connectivity index (χ3n) is 12.9. The van der Waals surface area contributed by atoms with Crippen molar-refractivity contribution in [3.05, 3.63) is 71.3 Å². The maximum atomic E-state index is 7.42. The van der Waals surface area contributed by atoms with E-state index in [1.807, 2.05) is 36.4 Å². The molecule has 9 heteroatoms. The molecule has 1 aliphatic heterocycles. The van der Waals surface area contributed by atoms with Gasteiger partial charge in [-0.1, -0.05) is 112 Å². The first-order valence-corrected chi connectivity index (χ1v) is 26.9. The summed E-state index contributed by atoms with van der Waals surface area (Å²) in [4.78, 5) is 0. The molecule has 3 rings (SSSR count). The van der Waals surface area contributed by atoms with Crippen molar-refractivity contribution < 1.29 is 32.5 Å². The highest BCUT2D eigenvalue weighted by Crippen LogP contribution is 2.43. The number of allylic oxidation sites excluding steroid dienone is 1. The molecule has 0 aliphatic carbocycles. The summed E-state index contributed by atoms with van der Waals surface area (Å²) >= 11 is 0. The van der Waals surface area contributed by atoms with E-state index in [0.29, 0.717) is 19.8 Å². The first kappa shape index (κ1) is 48.4. The van der Waals surface area contributed by atoms with Gasteiger partial charge in [0.05, 0.1) is 52.4 Å². The standard InChI is InChI=1S/C47H80O7Si2/c1-32(27-33(2)42(53-55(15,16)46(7,8)9)35(4)29-50-31-38-19-23-40(48-13)24-20-38)28-34(3)44(54-56(17,18)47(10,11)12)37(6)43-36(5)30-51-45(52-43)39-21-25-41(49-14)26-22-39/h19-27,33-37,42-45H,28-31H2,1-18H3/b32-27-/t33-,34-,35-,36-,37+,42+,43-,44+,45-/m1/s1. The smallest absolute Gasteiger partial charge is 0.192 e. The number of benzene rings is 2. The number of methoxy groups -OCH3 is 2. The SMILES string of the molecule is COc1ccc(COC[C@@H](C)[C@@H](O[Si](C)(C)C(C)(C)C)[C@H](C)/C=C(/C)C[C@@H](C)[C@H](O[Si](C)(C)C(C)(C)C)[C@@H](C)[C@@H]2O[C@H](c3ccc(OC)cc3)OC[C@H]2C)cc1. The van der Waals surface area contributed by atoms with Crippen LogP contribution in [0.1, 0.15) is 107 Å². The van der Waals surface area contributed by atoms with Crippen LogP contribution in [0.5, 0.6) is 11.5 Å². The summed E-state index contributed by atoms with van der Waals surface area (Å²) in [6.07, 6.45) is 3.01. The summed E-state index contributed by atoms with van der Waals surface area (Å²) in [5.41, 5.74) is 3.51. The van der Waals surface area contributed by atoms with E-state index >= 15 is 0 Å².